The fourth-order valence-corrected chi connectivity index (χ4v) is 2.15. The van der Waals surface area contributed by atoms with Crippen LogP contribution >= 0.6 is 0 Å². The third-order valence-electron chi connectivity index (χ3n) is 3.36. The van der Waals surface area contributed by atoms with Crippen molar-refractivity contribution >= 4 is 11.6 Å². The Morgan fingerprint density at radius 2 is 1.88 bits per heavy atom. The number of aromatic nitrogens is 2. The van der Waals surface area contributed by atoms with Crippen LogP contribution in [-0.4, -0.2) is 23.1 Å². The minimum absolute atomic E-state index is 0.103. The van der Waals surface area contributed by atoms with Crippen LogP contribution in [0.25, 0.3) is 0 Å². The molecule has 2 aromatic rings. The van der Waals surface area contributed by atoms with Crippen LogP contribution in [0.15, 0.2) is 30.5 Å². The van der Waals surface area contributed by atoms with E-state index in [9.17, 15) is 13.2 Å². The van der Waals surface area contributed by atoms with Crippen LogP contribution in [0.5, 0.6) is 5.88 Å². The van der Waals surface area contributed by atoms with Gasteiger partial charge in [0.25, 0.3) is 0 Å². The third-order valence-corrected chi connectivity index (χ3v) is 3.36. The normalized spacial score (nSPS) is 11.0. The van der Waals surface area contributed by atoms with Gasteiger partial charge in [0.2, 0.25) is 11.8 Å². The summed E-state index contributed by atoms with van der Waals surface area (Å²) in [6.45, 7) is 4.18. The van der Waals surface area contributed by atoms with Crippen molar-refractivity contribution in [1.29, 1.82) is 5.26 Å². The Labute approximate surface area is 143 Å². The molecule has 25 heavy (non-hydrogen) atoms. The highest BCUT2D eigenvalue weighted by Gasteiger charge is 2.36. The molecule has 1 aromatic carbocycles. The van der Waals surface area contributed by atoms with Crippen LogP contribution < -0.4 is 9.64 Å². The molecule has 0 aliphatic rings. The van der Waals surface area contributed by atoms with E-state index in [2.05, 4.69) is 9.97 Å². The Hall–Kier alpha value is -2.82. The van der Waals surface area contributed by atoms with E-state index < -0.39 is 17.6 Å². The van der Waals surface area contributed by atoms with E-state index in [0.29, 0.717) is 24.2 Å². The molecule has 0 amide bonds. The number of alkyl halides is 3. The summed E-state index contributed by atoms with van der Waals surface area (Å²) in [6.07, 6.45) is -3.30. The second kappa shape index (κ2) is 7.83. The molecule has 0 aliphatic heterocycles. The lowest BCUT2D eigenvalue weighted by Crippen LogP contribution is -2.21. The summed E-state index contributed by atoms with van der Waals surface area (Å²) in [5.74, 6) is -0.377. The van der Waals surface area contributed by atoms with Crippen molar-refractivity contribution in [3.8, 4) is 11.9 Å². The SMILES string of the molecule is CCCOc1nc(N(CC)c2ccc(C#N)cc2)ncc1C(F)(F)F. The van der Waals surface area contributed by atoms with Gasteiger partial charge in [-0.05, 0) is 37.6 Å². The van der Waals surface area contributed by atoms with Crippen LogP contribution in [0.3, 0.4) is 0 Å². The molecule has 132 valence electrons. The molecule has 1 heterocycles. The molecule has 0 spiro atoms. The number of nitrogens with zero attached hydrogens (tertiary/aromatic N) is 4. The molecule has 0 aliphatic carbocycles. The summed E-state index contributed by atoms with van der Waals surface area (Å²) in [5.41, 5.74) is 0.156. The average molecular weight is 350 g/mol. The van der Waals surface area contributed by atoms with E-state index in [0.717, 1.165) is 6.20 Å². The highest BCUT2D eigenvalue weighted by atomic mass is 19.4. The first-order valence-electron chi connectivity index (χ1n) is 7.75. The molecule has 0 N–H and O–H groups in total. The number of ether oxygens (including phenoxy) is 1. The molecule has 0 bridgehead atoms. The summed E-state index contributed by atoms with van der Waals surface area (Å²) in [4.78, 5) is 9.47. The molecule has 0 saturated heterocycles. The van der Waals surface area contributed by atoms with Gasteiger partial charge in [0.05, 0.1) is 18.2 Å². The number of nitriles is 1. The summed E-state index contributed by atoms with van der Waals surface area (Å²) < 4.78 is 44.5. The van der Waals surface area contributed by atoms with Gasteiger partial charge < -0.3 is 9.64 Å². The largest absolute Gasteiger partial charge is 0.477 e. The summed E-state index contributed by atoms with van der Waals surface area (Å²) >= 11 is 0. The highest BCUT2D eigenvalue weighted by molar-refractivity contribution is 5.59. The number of halogens is 3. The first kappa shape index (κ1) is 18.5. The Balaban J connectivity index is 2.43. The molecular formula is C17H17F3N4O. The van der Waals surface area contributed by atoms with E-state index in [-0.39, 0.29) is 12.6 Å². The fraction of sp³-hybridized carbons (Fsp3) is 0.353. The molecule has 0 saturated carbocycles. The van der Waals surface area contributed by atoms with E-state index in [1.54, 1.807) is 36.1 Å². The van der Waals surface area contributed by atoms with Gasteiger partial charge in [-0.15, -0.1) is 0 Å². The first-order valence-corrected chi connectivity index (χ1v) is 7.75. The summed E-state index contributed by atoms with van der Waals surface area (Å²) in [5, 5.41) is 8.86. The Morgan fingerprint density at radius 1 is 1.20 bits per heavy atom. The molecule has 0 fully saturated rings. The van der Waals surface area contributed by atoms with Crippen LogP contribution in [0, 0.1) is 11.3 Å². The number of anilines is 2. The van der Waals surface area contributed by atoms with Crippen molar-refractivity contribution in [2.24, 2.45) is 0 Å². The van der Waals surface area contributed by atoms with Crippen LogP contribution in [0.4, 0.5) is 24.8 Å². The highest BCUT2D eigenvalue weighted by Crippen LogP contribution is 2.36. The van der Waals surface area contributed by atoms with Gasteiger partial charge in [-0.1, -0.05) is 6.92 Å². The van der Waals surface area contributed by atoms with Gasteiger partial charge in [-0.2, -0.15) is 23.4 Å². The van der Waals surface area contributed by atoms with Crippen molar-refractivity contribution < 1.29 is 17.9 Å². The predicted octanol–water partition coefficient (Wildman–Crippen LogP) is 4.31. The number of benzene rings is 1. The Bertz CT molecular complexity index is 754. The monoisotopic (exact) mass is 350 g/mol. The van der Waals surface area contributed by atoms with Crippen molar-refractivity contribution in [2.75, 3.05) is 18.1 Å². The maximum Gasteiger partial charge on any atom is 0.423 e. The van der Waals surface area contributed by atoms with E-state index in [4.69, 9.17) is 10.00 Å². The first-order chi connectivity index (χ1) is 11.9. The topological polar surface area (TPSA) is 62.0 Å². The molecular weight excluding hydrogens is 333 g/mol. The number of hydrogen-bond acceptors (Lipinski definition) is 5. The molecule has 5 nitrogen and oxygen atoms in total. The molecule has 0 unspecified atom stereocenters. The predicted molar refractivity (Wildman–Crippen MR) is 86.7 cm³/mol. The van der Waals surface area contributed by atoms with Gasteiger partial charge in [0, 0.05) is 18.4 Å². The smallest absolute Gasteiger partial charge is 0.423 e. The Morgan fingerprint density at radius 3 is 2.40 bits per heavy atom. The van der Waals surface area contributed by atoms with Crippen molar-refractivity contribution in [2.45, 2.75) is 26.4 Å². The lowest BCUT2D eigenvalue weighted by atomic mass is 10.2. The molecule has 2 rings (SSSR count). The Kier molecular flexibility index (Phi) is 5.80. The lowest BCUT2D eigenvalue weighted by molar-refractivity contribution is -0.139. The second-order valence-electron chi connectivity index (χ2n) is 5.14. The zero-order chi connectivity index (χ0) is 18.4. The summed E-state index contributed by atoms with van der Waals surface area (Å²) in [6, 6.07) is 8.64. The lowest BCUT2D eigenvalue weighted by Gasteiger charge is -2.22. The maximum absolute atomic E-state index is 13.1. The van der Waals surface area contributed by atoms with E-state index >= 15 is 0 Å². The van der Waals surface area contributed by atoms with Crippen LogP contribution in [0.1, 0.15) is 31.4 Å². The zero-order valence-electron chi connectivity index (χ0n) is 13.8. The molecule has 0 radical (unpaired) electrons. The second-order valence-corrected chi connectivity index (χ2v) is 5.14. The number of hydrogen-bond donors (Lipinski definition) is 0. The average Bonchev–Trinajstić information content (AvgIpc) is 2.60. The van der Waals surface area contributed by atoms with Gasteiger partial charge >= 0.3 is 6.18 Å². The maximum atomic E-state index is 13.1. The van der Waals surface area contributed by atoms with Crippen molar-refractivity contribution in [1.82, 2.24) is 9.97 Å². The van der Waals surface area contributed by atoms with Gasteiger partial charge in [0.1, 0.15) is 5.56 Å². The fourth-order valence-electron chi connectivity index (χ4n) is 2.15. The minimum Gasteiger partial charge on any atom is -0.477 e. The molecule has 8 heteroatoms. The van der Waals surface area contributed by atoms with Gasteiger partial charge in [-0.3, -0.25) is 0 Å². The third kappa shape index (κ3) is 4.38. The zero-order valence-corrected chi connectivity index (χ0v) is 13.8. The van der Waals surface area contributed by atoms with E-state index in [1.165, 1.54) is 0 Å². The summed E-state index contributed by atoms with van der Waals surface area (Å²) in [7, 11) is 0. The van der Waals surface area contributed by atoms with Crippen molar-refractivity contribution in [3.05, 3.63) is 41.6 Å². The minimum atomic E-state index is -4.59. The number of rotatable bonds is 6. The van der Waals surface area contributed by atoms with Crippen LogP contribution in [-0.2, 0) is 6.18 Å². The standard InChI is InChI=1S/C17H17F3N4O/c1-3-9-25-15-14(17(18,19)20)11-22-16(23-15)24(4-2)13-7-5-12(10-21)6-8-13/h5-8,11H,3-4,9H2,1-2H3. The quantitative estimate of drug-likeness (QED) is 0.777. The van der Waals surface area contributed by atoms with Gasteiger partial charge in [-0.25, -0.2) is 4.98 Å². The van der Waals surface area contributed by atoms with Gasteiger partial charge in [0.15, 0.2) is 0 Å². The van der Waals surface area contributed by atoms with Crippen molar-refractivity contribution in [3.63, 3.8) is 0 Å². The van der Waals surface area contributed by atoms with E-state index in [1.807, 2.05) is 13.0 Å². The van der Waals surface area contributed by atoms with Crippen LogP contribution in [0.2, 0.25) is 0 Å². The molecule has 1 aromatic heterocycles. The molecule has 0 atom stereocenters.